The van der Waals surface area contributed by atoms with Crippen LogP contribution in [0.5, 0.6) is 0 Å². The van der Waals surface area contributed by atoms with E-state index in [4.69, 9.17) is 0 Å². The van der Waals surface area contributed by atoms with E-state index < -0.39 is 34.9 Å². The molecule has 1 aromatic heterocycles. The number of alkyl halides is 3. The molecular formula is C14H11F3N2O3. The zero-order chi connectivity index (χ0) is 16.3. The molecule has 0 aliphatic heterocycles. The van der Waals surface area contributed by atoms with Crippen molar-refractivity contribution >= 4 is 11.8 Å². The number of hydrogen-bond acceptors (Lipinski definition) is 4. The number of nitrogens with zero attached hydrogens (tertiary/aromatic N) is 1. The minimum Gasteiger partial charge on any atom is -0.461 e. The van der Waals surface area contributed by atoms with Crippen LogP contribution in [0.4, 0.5) is 13.2 Å². The van der Waals surface area contributed by atoms with Crippen molar-refractivity contribution < 1.29 is 27.5 Å². The number of hydrogen-bond donors (Lipinski definition) is 1. The molecule has 5 nitrogen and oxygen atoms in total. The highest BCUT2D eigenvalue weighted by Crippen LogP contribution is 2.33. The molecule has 116 valence electrons. The summed E-state index contributed by atoms with van der Waals surface area (Å²) < 4.78 is 43.7. The number of benzene rings is 1. The molecule has 22 heavy (non-hydrogen) atoms. The minimum atomic E-state index is -4.85. The van der Waals surface area contributed by atoms with Crippen molar-refractivity contribution in [3.05, 3.63) is 52.8 Å². The monoisotopic (exact) mass is 312 g/mol. The van der Waals surface area contributed by atoms with E-state index in [1.165, 1.54) is 31.2 Å². The minimum absolute atomic E-state index is 0.0138. The molecule has 0 unspecified atom stereocenters. The van der Waals surface area contributed by atoms with Gasteiger partial charge in [-0.3, -0.25) is 9.89 Å². The number of carbonyl (C=O) groups is 2. The fraction of sp³-hybridized carbons (Fsp3) is 0.214. The third-order valence-corrected chi connectivity index (χ3v) is 2.78. The predicted octanol–water partition coefficient (Wildman–Crippen LogP) is 2.84. The van der Waals surface area contributed by atoms with Crippen LogP contribution in [-0.2, 0) is 10.9 Å². The molecule has 0 saturated carbocycles. The number of carbonyl (C=O) groups excluding carboxylic acids is 2. The second-order valence-electron chi connectivity index (χ2n) is 4.24. The quantitative estimate of drug-likeness (QED) is 0.696. The van der Waals surface area contributed by atoms with Gasteiger partial charge in [0, 0.05) is 5.56 Å². The van der Waals surface area contributed by atoms with Gasteiger partial charge in [0.1, 0.15) is 0 Å². The highest BCUT2D eigenvalue weighted by atomic mass is 19.4. The second-order valence-corrected chi connectivity index (χ2v) is 4.24. The van der Waals surface area contributed by atoms with Crippen LogP contribution < -0.4 is 0 Å². The highest BCUT2D eigenvalue weighted by molar-refractivity contribution is 6.14. The number of ketones is 1. The first-order valence-corrected chi connectivity index (χ1v) is 6.28. The molecular weight excluding hydrogens is 301 g/mol. The van der Waals surface area contributed by atoms with Gasteiger partial charge in [0.25, 0.3) is 0 Å². The maximum absolute atomic E-state index is 13.0. The number of ether oxygens (including phenoxy) is 1. The molecule has 0 bridgehead atoms. The van der Waals surface area contributed by atoms with E-state index in [-0.39, 0.29) is 12.2 Å². The van der Waals surface area contributed by atoms with Crippen LogP contribution in [0.3, 0.4) is 0 Å². The Balaban J connectivity index is 2.58. The molecule has 0 atom stereocenters. The molecule has 2 aromatic rings. The SMILES string of the molecule is CCOC(=O)c1n[nH]c(C(F)(F)F)c1C(=O)c1ccccc1. The molecule has 1 N–H and O–H groups in total. The summed E-state index contributed by atoms with van der Waals surface area (Å²) in [5, 5.41) is 5.01. The maximum Gasteiger partial charge on any atom is 0.433 e. The van der Waals surface area contributed by atoms with Crippen LogP contribution in [0.25, 0.3) is 0 Å². The predicted molar refractivity (Wildman–Crippen MR) is 69.4 cm³/mol. The Hall–Kier alpha value is -2.64. The highest BCUT2D eigenvalue weighted by Gasteiger charge is 2.41. The topological polar surface area (TPSA) is 72.0 Å². The lowest BCUT2D eigenvalue weighted by atomic mass is 10.0. The number of aromatic nitrogens is 2. The van der Waals surface area contributed by atoms with Gasteiger partial charge in [-0.05, 0) is 6.92 Å². The summed E-state index contributed by atoms with van der Waals surface area (Å²) in [6.07, 6.45) is -4.85. The molecule has 1 aromatic carbocycles. The van der Waals surface area contributed by atoms with Crippen LogP contribution in [0.2, 0.25) is 0 Å². The number of nitrogens with one attached hydrogen (secondary N) is 1. The average molecular weight is 312 g/mol. The van der Waals surface area contributed by atoms with Crippen molar-refractivity contribution in [3.8, 4) is 0 Å². The largest absolute Gasteiger partial charge is 0.461 e. The third kappa shape index (κ3) is 3.00. The van der Waals surface area contributed by atoms with Crippen LogP contribution in [-0.4, -0.2) is 28.6 Å². The first-order chi connectivity index (χ1) is 10.4. The Labute approximate surface area is 123 Å². The normalized spacial score (nSPS) is 11.3. The number of halogens is 3. The molecule has 0 fully saturated rings. The zero-order valence-corrected chi connectivity index (χ0v) is 11.4. The number of esters is 1. The molecule has 2 rings (SSSR count). The van der Waals surface area contributed by atoms with Crippen molar-refractivity contribution in [2.75, 3.05) is 6.61 Å². The summed E-state index contributed by atoms with van der Waals surface area (Å²) in [4.78, 5) is 24.1. The Bertz CT molecular complexity index is 693. The van der Waals surface area contributed by atoms with Crippen LogP contribution in [0, 0.1) is 0 Å². The lowest BCUT2D eigenvalue weighted by Crippen LogP contribution is -2.16. The summed E-state index contributed by atoms with van der Waals surface area (Å²) in [5.41, 5.74) is -2.87. The molecule has 0 spiro atoms. The fourth-order valence-corrected chi connectivity index (χ4v) is 1.85. The third-order valence-electron chi connectivity index (χ3n) is 2.78. The van der Waals surface area contributed by atoms with Gasteiger partial charge in [0.2, 0.25) is 0 Å². The molecule has 8 heteroatoms. The zero-order valence-electron chi connectivity index (χ0n) is 11.4. The number of H-pyrrole nitrogens is 1. The number of rotatable bonds is 4. The summed E-state index contributed by atoms with van der Waals surface area (Å²) in [7, 11) is 0. The van der Waals surface area contributed by atoms with Gasteiger partial charge in [0.05, 0.1) is 12.2 Å². The maximum atomic E-state index is 13.0. The Kier molecular flexibility index (Phi) is 4.30. The standard InChI is InChI=1S/C14H11F3N2O3/c1-2-22-13(21)10-9(12(19-18-10)14(15,16)17)11(20)8-6-4-3-5-7-8/h3-7H,2H2,1H3,(H,18,19). The molecule has 1 heterocycles. The number of aromatic amines is 1. The van der Waals surface area contributed by atoms with Gasteiger partial charge in [-0.25, -0.2) is 4.79 Å². The molecule has 0 amide bonds. The summed E-state index contributed by atoms with van der Waals surface area (Å²) in [6, 6.07) is 7.33. The Morgan fingerprint density at radius 1 is 1.23 bits per heavy atom. The summed E-state index contributed by atoms with van der Waals surface area (Å²) in [6.45, 7) is 1.44. The van der Waals surface area contributed by atoms with Crippen LogP contribution in [0.1, 0.15) is 39.0 Å². The van der Waals surface area contributed by atoms with Gasteiger partial charge < -0.3 is 4.74 Å². The van der Waals surface area contributed by atoms with Crippen molar-refractivity contribution in [2.24, 2.45) is 0 Å². The summed E-state index contributed by atoms with van der Waals surface area (Å²) >= 11 is 0. The van der Waals surface area contributed by atoms with Gasteiger partial charge in [0.15, 0.2) is 17.2 Å². The Morgan fingerprint density at radius 3 is 2.41 bits per heavy atom. The van der Waals surface area contributed by atoms with Crippen molar-refractivity contribution in [1.29, 1.82) is 0 Å². The van der Waals surface area contributed by atoms with Crippen molar-refractivity contribution in [2.45, 2.75) is 13.1 Å². The van der Waals surface area contributed by atoms with Crippen molar-refractivity contribution in [1.82, 2.24) is 10.2 Å². The van der Waals surface area contributed by atoms with E-state index in [0.29, 0.717) is 0 Å². The lowest BCUT2D eigenvalue weighted by molar-refractivity contribution is -0.141. The first kappa shape index (κ1) is 15.7. The van der Waals surface area contributed by atoms with Gasteiger partial charge in [-0.1, -0.05) is 30.3 Å². The second kappa shape index (κ2) is 6.00. The average Bonchev–Trinajstić information content (AvgIpc) is 2.92. The lowest BCUT2D eigenvalue weighted by Gasteiger charge is -2.08. The fourth-order valence-electron chi connectivity index (χ4n) is 1.85. The van der Waals surface area contributed by atoms with E-state index in [2.05, 4.69) is 9.84 Å². The van der Waals surface area contributed by atoms with Gasteiger partial charge in [-0.15, -0.1) is 0 Å². The molecule has 0 radical (unpaired) electrons. The van der Waals surface area contributed by atoms with Crippen LogP contribution >= 0.6 is 0 Å². The van der Waals surface area contributed by atoms with E-state index in [1.54, 1.807) is 11.2 Å². The Morgan fingerprint density at radius 2 is 1.86 bits per heavy atom. The van der Waals surface area contributed by atoms with E-state index in [1.807, 2.05) is 0 Å². The van der Waals surface area contributed by atoms with Gasteiger partial charge in [-0.2, -0.15) is 18.3 Å². The van der Waals surface area contributed by atoms with Crippen LogP contribution in [0.15, 0.2) is 30.3 Å². The van der Waals surface area contributed by atoms with E-state index >= 15 is 0 Å². The first-order valence-electron chi connectivity index (χ1n) is 6.28. The van der Waals surface area contributed by atoms with Gasteiger partial charge >= 0.3 is 12.1 Å². The van der Waals surface area contributed by atoms with Crippen molar-refractivity contribution in [3.63, 3.8) is 0 Å². The smallest absolute Gasteiger partial charge is 0.433 e. The van der Waals surface area contributed by atoms with E-state index in [0.717, 1.165) is 0 Å². The van der Waals surface area contributed by atoms with E-state index in [9.17, 15) is 22.8 Å². The molecule has 0 saturated heterocycles. The molecule has 0 aliphatic rings. The summed E-state index contributed by atoms with van der Waals surface area (Å²) in [5.74, 6) is -2.04. The molecule has 0 aliphatic carbocycles.